The van der Waals surface area contributed by atoms with Crippen molar-refractivity contribution in [1.82, 2.24) is 19.8 Å². The second kappa shape index (κ2) is 10.3. The summed E-state index contributed by atoms with van der Waals surface area (Å²) in [5.41, 5.74) is -0.229. The summed E-state index contributed by atoms with van der Waals surface area (Å²) in [7, 11) is 0. The number of anilines is 1. The molecule has 4 fully saturated rings. The number of fused-ring (bicyclic) bond motifs is 4. The van der Waals surface area contributed by atoms with Gasteiger partial charge in [0, 0.05) is 35.0 Å². The van der Waals surface area contributed by atoms with Crippen LogP contribution in [0.5, 0.6) is 6.01 Å². The topological polar surface area (TPSA) is 71.0 Å². The Morgan fingerprint density at radius 3 is 2.67 bits per heavy atom. The van der Waals surface area contributed by atoms with Crippen molar-refractivity contribution >= 4 is 72.9 Å². The van der Waals surface area contributed by atoms with Crippen LogP contribution in [0.3, 0.4) is 0 Å². The third-order valence-corrected chi connectivity index (χ3v) is 11.4. The molecule has 1 aromatic carbocycles. The number of amides is 1. The van der Waals surface area contributed by atoms with Crippen molar-refractivity contribution in [1.29, 1.82) is 0 Å². The molecule has 0 radical (unpaired) electrons. The molecule has 0 saturated carbocycles. The van der Waals surface area contributed by atoms with Crippen LogP contribution in [-0.2, 0) is 4.74 Å². The van der Waals surface area contributed by atoms with Crippen molar-refractivity contribution in [3.8, 4) is 6.01 Å². The van der Waals surface area contributed by atoms with E-state index in [1.54, 1.807) is 0 Å². The third-order valence-electron chi connectivity index (χ3n) is 8.40. The SMILES string of the molecule is CC(C)(C)OC(=O)N1[C@@H]2CC[C@H]1CN(c1nc(OC[C@@]34CCCN3C[C@H](F)C4)nc3c(Cl)c(Br)c(I)cc13)C2. The zero-order valence-corrected chi connectivity index (χ0v) is 26.9. The standard InChI is InChI=1S/C27H33BrClFIN5O3/c1-26(2,3)39-25(37)36-16-5-6-17(36)13-34(12-16)23-18-9-19(31)20(28)21(29)22(18)32-24(33-23)38-14-27-7-4-8-35(27)11-15(30)10-27/h9,15-17H,4-8,10-14H2,1-3H3/t15-,16-,17+,27+/m1/s1. The lowest BCUT2D eigenvalue weighted by atomic mass is 9.95. The molecule has 4 aliphatic rings. The monoisotopic (exact) mass is 735 g/mol. The number of rotatable bonds is 4. The first-order valence-electron chi connectivity index (χ1n) is 13.6. The Bertz CT molecular complexity index is 1300. The first-order valence-corrected chi connectivity index (χ1v) is 15.8. The fourth-order valence-electron chi connectivity index (χ4n) is 6.78. The van der Waals surface area contributed by atoms with Crippen LogP contribution in [0.15, 0.2) is 10.5 Å². The zero-order chi connectivity index (χ0) is 27.7. The number of hydrogen-bond acceptors (Lipinski definition) is 7. The first kappa shape index (κ1) is 28.0. The number of carbonyl (C=O) groups excluding carboxylic acids is 1. The van der Waals surface area contributed by atoms with Crippen LogP contribution in [0.4, 0.5) is 15.0 Å². The summed E-state index contributed by atoms with van der Waals surface area (Å²) in [5, 5.41) is 1.35. The normalized spacial score (nSPS) is 28.8. The molecule has 39 heavy (non-hydrogen) atoms. The van der Waals surface area contributed by atoms with Crippen LogP contribution in [0.1, 0.15) is 52.9 Å². The quantitative estimate of drug-likeness (QED) is 0.274. The molecule has 0 unspecified atom stereocenters. The van der Waals surface area contributed by atoms with Gasteiger partial charge < -0.3 is 14.4 Å². The summed E-state index contributed by atoms with van der Waals surface area (Å²) in [5.74, 6) is 0.749. The molecule has 4 atom stereocenters. The van der Waals surface area contributed by atoms with Crippen LogP contribution in [0, 0.1) is 3.57 Å². The van der Waals surface area contributed by atoms with E-state index in [1.807, 2.05) is 31.7 Å². The van der Waals surface area contributed by atoms with E-state index in [0.717, 1.165) is 51.5 Å². The van der Waals surface area contributed by atoms with Gasteiger partial charge in [0.15, 0.2) is 0 Å². The van der Waals surface area contributed by atoms with E-state index >= 15 is 0 Å². The molecule has 0 aliphatic carbocycles. The minimum Gasteiger partial charge on any atom is -0.461 e. The largest absolute Gasteiger partial charge is 0.461 e. The van der Waals surface area contributed by atoms with Gasteiger partial charge in [0.05, 0.1) is 32.6 Å². The fourth-order valence-corrected chi connectivity index (χ4v) is 8.07. The van der Waals surface area contributed by atoms with E-state index in [9.17, 15) is 9.18 Å². The summed E-state index contributed by atoms with van der Waals surface area (Å²) in [6.07, 6.45) is 3.19. The Labute approximate surface area is 255 Å². The highest BCUT2D eigenvalue weighted by atomic mass is 127. The molecule has 2 bridgehead atoms. The fraction of sp³-hybridized carbons (Fsp3) is 0.667. The number of aromatic nitrogens is 2. The van der Waals surface area contributed by atoms with Crippen LogP contribution in [0.2, 0.25) is 5.02 Å². The minimum atomic E-state index is -0.828. The molecule has 0 spiro atoms. The molecule has 212 valence electrons. The number of nitrogens with zero attached hydrogens (tertiary/aromatic N) is 5. The van der Waals surface area contributed by atoms with Gasteiger partial charge in [-0.15, -0.1) is 0 Å². The number of hydrogen-bond donors (Lipinski definition) is 0. The van der Waals surface area contributed by atoms with E-state index in [4.69, 9.17) is 31.0 Å². The summed E-state index contributed by atoms with van der Waals surface area (Å²) in [6.45, 7) is 8.66. The average molecular weight is 737 g/mol. The molecule has 1 aromatic heterocycles. The van der Waals surface area contributed by atoms with Crippen LogP contribution in [-0.4, -0.2) is 88.0 Å². The lowest BCUT2D eigenvalue weighted by Crippen LogP contribution is -2.57. The van der Waals surface area contributed by atoms with Gasteiger partial charge >= 0.3 is 12.1 Å². The molecule has 8 nitrogen and oxygen atoms in total. The van der Waals surface area contributed by atoms with Gasteiger partial charge in [-0.1, -0.05) is 11.6 Å². The molecular weight excluding hydrogens is 704 g/mol. The number of halogens is 4. The van der Waals surface area contributed by atoms with E-state index in [-0.39, 0.29) is 29.7 Å². The van der Waals surface area contributed by atoms with E-state index in [1.165, 1.54) is 0 Å². The molecule has 4 aliphatic heterocycles. The summed E-state index contributed by atoms with van der Waals surface area (Å²) < 4.78 is 28.1. The van der Waals surface area contributed by atoms with Gasteiger partial charge in [0.1, 0.15) is 24.2 Å². The smallest absolute Gasteiger partial charge is 0.410 e. The summed E-state index contributed by atoms with van der Waals surface area (Å²) >= 11 is 12.6. The predicted octanol–water partition coefficient (Wildman–Crippen LogP) is 6.19. The summed E-state index contributed by atoms with van der Waals surface area (Å²) in [4.78, 5) is 29.0. The van der Waals surface area contributed by atoms with Crippen molar-refractivity contribution in [2.75, 3.05) is 37.7 Å². The van der Waals surface area contributed by atoms with Crippen LogP contribution >= 0.6 is 50.1 Å². The highest BCUT2D eigenvalue weighted by molar-refractivity contribution is 14.1. The van der Waals surface area contributed by atoms with E-state index < -0.39 is 11.8 Å². The second-order valence-electron chi connectivity index (χ2n) is 12.3. The lowest BCUT2D eigenvalue weighted by Gasteiger charge is -2.42. The first-order chi connectivity index (χ1) is 18.4. The second-order valence-corrected chi connectivity index (χ2v) is 14.6. The van der Waals surface area contributed by atoms with Gasteiger partial charge in [-0.05, 0) is 97.6 Å². The highest BCUT2D eigenvalue weighted by Crippen LogP contribution is 2.43. The number of piperazine rings is 1. The Balaban J connectivity index is 1.32. The van der Waals surface area contributed by atoms with E-state index in [0.29, 0.717) is 43.2 Å². The Hall–Kier alpha value is -1.18. The molecule has 2 aromatic rings. The van der Waals surface area contributed by atoms with Gasteiger partial charge in [0.2, 0.25) is 0 Å². The third kappa shape index (κ3) is 5.18. The molecular formula is C27H33BrClFIN5O3. The molecule has 4 saturated heterocycles. The van der Waals surface area contributed by atoms with Gasteiger partial charge in [-0.25, -0.2) is 9.18 Å². The van der Waals surface area contributed by atoms with Crippen LogP contribution in [0.25, 0.3) is 10.9 Å². The predicted molar refractivity (Wildman–Crippen MR) is 161 cm³/mol. The Morgan fingerprint density at radius 1 is 1.26 bits per heavy atom. The van der Waals surface area contributed by atoms with Crippen LogP contribution < -0.4 is 9.64 Å². The lowest BCUT2D eigenvalue weighted by molar-refractivity contribution is 0.0122. The number of ether oxygens (including phenoxy) is 2. The van der Waals surface area contributed by atoms with Gasteiger partial charge in [-0.2, -0.15) is 9.97 Å². The molecule has 0 N–H and O–H groups in total. The summed E-state index contributed by atoms with van der Waals surface area (Å²) in [6, 6.07) is 2.35. The zero-order valence-electron chi connectivity index (χ0n) is 22.4. The maximum atomic E-state index is 14.3. The molecule has 1 amide bonds. The van der Waals surface area contributed by atoms with Crippen molar-refractivity contribution in [3.63, 3.8) is 0 Å². The Kier molecular flexibility index (Phi) is 7.36. The van der Waals surface area contributed by atoms with Gasteiger partial charge in [0.25, 0.3) is 0 Å². The number of alkyl halides is 1. The van der Waals surface area contributed by atoms with Crippen molar-refractivity contribution in [3.05, 3.63) is 19.1 Å². The highest BCUT2D eigenvalue weighted by Gasteiger charge is 2.49. The Morgan fingerprint density at radius 2 is 1.97 bits per heavy atom. The minimum absolute atomic E-state index is 0.0314. The van der Waals surface area contributed by atoms with E-state index in [2.05, 4.69) is 48.3 Å². The molecule has 6 rings (SSSR count). The number of benzene rings is 1. The molecule has 5 heterocycles. The average Bonchev–Trinajstić information content (AvgIpc) is 3.47. The number of carbonyl (C=O) groups is 1. The van der Waals surface area contributed by atoms with Crippen molar-refractivity contribution in [2.24, 2.45) is 0 Å². The molecule has 12 heteroatoms. The maximum Gasteiger partial charge on any atom is 0.410 e. The van der Waals surface area contributed by atoms with Gasteiger partial charge in [-0.3, -0.25) is 9.80 Å². The maximum absolute atomic E-state index is 14.3. The van der Waals surface area contributed by atoms with Crippen molar-refractivity contribution < 1.29 is 18.7 Å². The van der Waals surface area contributed by atoms with Crippen molar-refractivity contribution in [2.45, 2.75) is 82.3 Å².